The predicted molar refractivity (Wildman–Crippen MR) is 71.5 cm³/mol. The van der Waals surface area contributed by atoms with Gasteiger partial charge in [0.2, 0.25) is 0 Å². The zero-order valence-corrected chi connectivity index (χ0v) is 11.2. The lowest BCUT2D eigenvalue weighted by molar-refractivity contribution is -0.144. The van der Waals surface area contributed by atoms with Gasteiger partial charge in [-0.3, -0.25) is 14.4 Å². The molecule has 1 aliphatic heterocycles. The summed E-state index contributed by atoms with van der Waals surface area (Å²) in [5.41, 5.74) is 1.02. The second-order valence-electron chi connectivity index (χ2n) is 4.52. The van der Waals surface area contributed by atoms with E-state index in [1.807, 2.05) is 0 Å². The van der Waals surface area contributed by atoms with Crippen molar-refractivity contribution in [1.82, 2.24) is 10.2 Å². The van der Waals surface area contributed by atoms with E-state index in [9.17, 15) is 14.4 Å². The molecule has 1 fully saturated rings. The molecule has 1 unspecified atom stereocenters. The third-order valence-electron chi connectivity index (χ3n) is 3.24. The van der Waals surface area contributed by atoms with Gasteiger partial charge in [0.1, 0.15) is 12.3 Å². The lowest BCUT2D eigenvalue weighted by atomic mass is 10.1. The van der Waals surface area contributed by atoms with Gasteiger partial charge in [0.05, 0.1) is 7.11 Å². The molecule has 1 aliphatic rings. The van der Waals surface area contributed by atoms with Crippen LogP contribution in [0.3, 0.4) is 0 Å². The van der Waals surface area contributed by atoms with Crippen molar-refractivity contribution in [2.75, 3.05) is 26.7 Å². The quantitative estimate of drug-likeness (QED) is 0.625. The number of esters is 1. The maximum Gasteiger partial charge on any atom is 0.324 e. The number of aldehydes is 1. The Bertz CT molecular complexity index is 512. The highest BCUT2D eigenvalue weighted by Gasteiger charge is 2.28. The first-order chi connectivity index (χ1) is 9.65. The fourth-order valence-corrected chi connectivity index (χ4v) is 2.12. The summed E-state index contributed by atoms with van der Waals surface area (Å²) < 4.78 is 4.68. The summed E-state index contributed by atoms with van der Waals surface area (Å²) in [6.45, 7) is 1.35. The van der Waals surface area contributed by atoms with Crippen molar-refractivity contribution in [1.29, 1.82) is 0 Å². The van der Waals surface area contributed by atoms with Crippen molar-refractivity contribution < 1.29 is 19.1 Å². The van der Waals surface area contributed by atoms with Crippen LogP contribution in [0.5, 0.6) is 0 Å². The Morgan fingerprint density at radius 3 is 2.65 bits per heavy atom. The molecule has 1 atom stereocenters. The van der Waals surface area contributed by atoms with Crippen LogP contribution < -0.4 is 5.32 Å². The average molecular weight is 276 g/mol. The second-order valence-corrected chi connectivity index (χ2v) is 4.52. The van der Waals surface area contributed by atoms with Gasteiger partial charge in [-0.1, -0.05) is 12.1 Å². The molecule has 2 rings (SSSR count). The van der Waals surface area contributed by atoms with Crippen LogP contribution in [0.1, 0.15) is 20.7 Å². The number of carbonyl (C=O) groups is 3. The van der Waals surface area contributed by atoms with Gasteiger partial charge in [0.15, 0.2) is 0 Å². The van der Waals surface area contributed by atoms with Gasteiger partial charge >= 0.3 is 5.97 Å². The molecule has 6 nitrogen and oxygen atoms in total. The molecule has 1 N–H and O–H groups in total. The zero-order valence-electron chi connectivity index (χ0n) is 11.2. The molecular formula is C14H16N2O4. The van der Waals surface area contributed by atoms with E-state index in [0.29, 0.717) is 24.2 Å². The van der Waals surface area contributed by atoms with Crippen LogP contribution in [0.2, 0.25) is 0 Å². The Balaban J connectivity index is 2.07. The molecule has 106 valence electrons. The van der Waals surface area contributed by atoms with E-state index in [1.54, 1.807) is 29.2 Å². The minimum atomic E-state index is -0.494. The van der Waals surface area contributed by atoms with Crippen molar-refractivity contribution in [3.63, 3.8) is 0 Å². The summed E-state index contributed by atoms with van der Waals surface area (Å²) in [6.07, 6.45) is 0.729. The second kappa shape index (κ2) is 6.29. The average Bonchev–Trinajstić information content (AvgIpc) is 2.53. The van der Waals surface area contributed by atoms with Crippen LogP contribution in [-0.2, 0) is 9.53 Å². The van der Waals surface area contributed by atoms with Crippen LogP contribution in [0.4, 0.5) is 0 Å². The predicted octanol–water partition coefficient (Wildman–Crippen LogP) is 0.0861. The topological polar surface area (TPSA) is 75.7 Å². The molecule has 1 saturated heterocycles. The molecule has 20 heavy (non-hydrogen) atoms. The SMILES string of the molecule is COC(=O)C1CN(C(=O)c2ccc(C=O)cc2)CCN1. The number of nitrogens with one attached hydrogen (secondary N) is 1. The van der Waals surface area contributed by atoms with Gasteiger partial charge < -0.3 is 15.0 Å². The van der Waals surface area contributed by atoms with E-state index in [4.69, 9.17) is 0 Å². The van der Waals surface area contributed by atoms with Gasteiger partial charge in [-0.25, -0.2) is 0 Å². The molecule has 0 aromatic heterocycles. The molecule has 0 aliphatic carbocycles. The largest absolute Gasteiger partial charge is 0.468 e. The van der Waals surface area contributed by atoms with E-state index >= 15 is 0 Å². The first kappa shape index (κ1) is 14.2. The summed E-state index contributed by atoms with van der Waals surface area (Å²) in [7, 11) is 1.32. The molecule has 0 spiro atoms. The lowest BCUT2D eigenvalue weighted by Gasteiger charge is -2.32. The Labute approximate surface area is 116 Å². The summed E-state index contributed by atoms with van der Waals surface area (Å²) in [4.78, 5) is 36.0. The normalized spacial score (nSPS) is 18.4. The number of hydrogen-bond acceptors (Lipinski definition) is 5. The smallest absolute Gasteiger partial charge is 0.324 e. The van der Waals surface area contributed by atoms with E-state index in [-0.39, 0.29) is 18.4 Å². The molecular weight excluding hydrogens is 260 g/mol. The van der Waals surface area contributed by atoms with Crippen LogP contribution in [0.25, 0.3) is 0 Å². The Kier molecular flexibility index (Phi) is 4.47. The van der Waals surface area contributed by atoms with E-state index in [1.165, 1.54) is 7.11 Å². The monoisotopic (exact) mass is 276 g/mol. The first-order valence-corrected chi connectivity index (χ1v) is 6.31. The standard InChI is InChI=1S/C14H16N2O4/c1-20-14(19)12-8-16(7-6-15-12)13(18)11-4-2-10(9-17)3-5-11/h2-5,9,12,15H,6-8H2,1H3. The van der Waals surface area contributed by atoms with Gasteiger partial charge in [-0.05, 0) is 12.1 Å². The van der Waals surface area contributed by atoms with Gasteiger partial charge in [-0.2, -0.15) is 0 Å². The maximum absolute atomic E-state index is 12.3. The van der Waals surface area contributed by atoms with Crippen LogP contribution >= 0.6 is 0 Å². The molecule has 0 bridgehead atoms. The summed E-state index contributed by atoms with van der Waals surface area (Å²) in [5, 5.41) is 3.01. The third kappa shape index (κ3) is 3.03. The Morgan fingerprint density at radius 1 is 1.35 bits per heavy atom. The highest BCUT2D eigenvalue weighted by molar-refractivity contribution is 5.95. The molecule has 1 aromatic rings. The van der Waals surface area contributed by atoms with Crippen LogP contribution in [-0.4, -0.2) is 55.8 Å². The Hall–Kier alpha value is -2.21. The number of amides is 1. The minimum absolute atomic E-state index is 0.155. The van der Waals surface area contributed by atoms with Crippen molar-refractivity contribution in [2.45, 2.75) is 6.04 Å². The van der Waals surface area contributed by atoms with Crippen molar-refractivity contribution in [3.05, 3.63) is 35.4 Å². The highest BCUT2D eigenvalue weighted by Crippen LogP contribution is 2.09. The summed E-state index contributed by atoms with van der Waals surface area (Å²) in [6, 6.07) is 5.93. The lowest BCUT2D eigenvalue weighted by Crippen LogP contribution is -2.56. The summed E-state index contributed by atoms with van der Waals surface area (Å²) >= 11 is 0. The highest BCUT2D eigenvalue weighted by atomic mass is 16.5. The molecule has 0 saturated carbocycles. The van der Waals surface area contributed by atoms with Crippen molar-refractivity contribution in [3.8, 4) is 0 Å². The molecule has 1 heterocycles. The molecule has 0 radical (unpaired) electrons. The third-order valence-corrected chi connectivity index (χ3v) is 3.24. The number of nitrogens with zero attached hydrogens (tertiary/aromatic N) is 1. The van der Waals surface area contributed by atoms with Gasteiger partial charge in [-0.15, -0.1) is 0 Å². The molecule has 1 aromatic carbocycles. The van der Waals surface area contributed by atoms with Crippen LogP contribution in [0.15, 0.2) is 24.3 Å². The van der Waals surface area contributed by atoms with Crippen molar-refractivity contribution >= 4 is 18.2 Å². The van der Waals surface area contributed by atoms with E-state index in [2.05, 4.69) is 10.1 Å². The van der Waals surface area contributed by atoms with Gasteiger partial charge in [0.25, 0.3) is 5.91 Å². The number of hydrogen-bond donors (Lipinski definition) is 1. The van der Waals surface area contributed by atoms with Crippen LogP contribution in [0, 0.1) is 0 Å². The number of methoxy groups -OCH3 is 1. The number of piperazine rings is 1. The molecule has 1 amide bonds. The first-order valence-electron chi connectivity index (χ1n) is 6.31. The Morgan fingerprint density at radius 2 is 2.05 bits per heavy atom. The van der Waals surface area contributed by atoms with Gasteiger partial charge in [0, 0.05) is 30.8 Å². The number of rotatable bonds is 3. The van der Waals surface area contributed by atoms with E-state index in [0.717, 1.165) is 6.29 Å². The number of carbonyl (C=O) groups excluding carboxylic acids is 3. The minimum Gasteiger partial charge on any atom is -0.468 e. The van der Waals surface area contributed by atoms with E-state index < -0.39 is 6.04 Å². The maximum atomic E-state index is 12.3. The molecule has 6 heteroatoms. The number of benzene rings is 1. The zero-order chi connectivity index (χ0) is 14.5. The fraction of sp³-hybridized carbons (Fsp3) is 0.357. The fourth-order valence-electron chi connectivity index (χ4n) is 2.12. The van der Waals surface area contributed by atoms with Crippen molar-refractivity contribution in [2.24, 2.45) is 0 Å². The summed E-state index contributed by atoms with van der Waals surface area (Å²) in [5.74, 6) is -0.531. The number of ether oxygens (including phenoxy) is 1.